The minimum Gasteiger partial charge on any atom is -0.476 e. The molecule has 1 N–H and O–H groups in total. The lowest BCUT2D eigenvalue weighted by Crippen LogP contribution is -2.43. The number of aromatic nitrogens is 2. The number of fused-ring (bicyclic) bond motifs is 1. The monoisotopic (exact) mass is 425 g/mol. The summed E-state index contributed by atoms with van der Waals surface area (Å²) in [6.07, 6.45) is 8.39. The number of nitrogens with zero attached hydrogens (tertiary/aromatic N) is 3. The molecule has 6 heteroatoms. The first-order valence-corrected chi connectivity index (χ1v) is 11.9. The first-order valence-electron chi connectivity index (χ1n) is 11.9. The second-order valence-corrected chi connectivity index (χ2v) is 9.86. The number of hydrogen-bond donors (Lipinski definition) is 1. The van der Waals surface area contributed by atoms with Gasteiger partial charge in [0.25, 0.3) is 5.56 Å². The highest BCUT2D eigenvalue weighted by Crippen LogP contribution is 2.36. The summed E-state index contributed by atoms with van der Waals surface area (Å²) in [6, 6.07) is 8.36. The van der Waals surface area contributed by atoms with Crippen molar-refractivity contribution in [2.24, 2.45) is 11.8 Å². The Balaban J connectivity index is 1.56. The first-order chi connectivity index (χ1) is 14.9. The molecule has 1 aliphatic carbocycles. The van der Waals surface area contributed by atoms with Crippen LogP contribution in [0.2, 0.25) is 0 Å². The van der Waals surface area contributed by atoms with E-state index >= 15 is 0 Å². The topological polar surface area (TPSA) is 75.4 Å². The van der Waals surface area contributed by atoms with Crippen LogP contribution in [0.3, 0.4) is 0 Å². The molecule has 0 radical (unpaired) electrons. The van der Waals surface area contributed by atoms with E-state index in [-0.39, 0.29) is 11.7 Å². The molecular formula is C25H35N3O3. The van der Waals surface area contributed by atoms with Gasteiger partial charge in [-0.1, -0.05) is 26.0 Å². The van der Waals surface area contributed by atoms with Crippen LogP contribution in [-0.2, 0) is 0 Å². The lowest BCUT2D eigenvalue weighted by molar-refractivity contribution is 0.0687. The Hall–Kier alpha value is -2.21. The SMILES string of the molecule is CC(C)[C@H]1CC[C@@H](N2CCC[C@H]2C[C@H](C)n2c(=O)c(C(=O)O)nc3ccccc32)CC1. The van der Waals surface area contributed by atoms with E-state index in [1.54, 1.807) is 10.6 Å². The van der Waals surface area contributed by atoms with Crippen molar-refractivity contribution < 1.29 is 9.90 Å². The van der Waals surface area contributed by atoms with Crippen molar-refractivity contribution in [2.45, 2.75) is 83.8 Å². The van der Waals surface area contributed by atoms with E-state index in [9.17, 15) is 14.7 Å². The number of rotatable bonds is 6. The molecule has 1 saturated carbocycles. The molecule has 2 fully saturated rings. The number of benzene rings is 1. The molecule has 1 aromatic heterocycles. The molecule has 2 heterocycles. The van der Waals surface area contributed by atoms with Crippen molar-refractivity contribution in [3.8, 4) is 0 Å². The summed E-state index contributed by atoms with van der Waals surface area (Å²) in [5.41, 5.74) is 0.384. The van der Waals surface area contributed by atoms with Crippen molar-refractivity contribution in [1.82, 2.24) is 14.5 Å². The zero-order valence-corrected chi connectivity index (χ0v) is 19.0. The van der Waals surface area contributed by atoms with Crippen LogP contribution in [0.15, 0.2) is 29.1 Å². The minimum absolute atomic E-state index is 0.0869. The molecule has 0 amide bonds. The minimum atomic E-state index is -1.26. The van der Waals surface area contributed by atoms with Gasteiger partial charge in [-0.05, 0) is 82.4 Å². The van der Waals surface area contributed by atoms with E-state index in [0.717, 1.165) is 31.2 Å². The van der Waals surface area contributed by atoms with E-state index in [2.05, 4.69) is 23.7 Å². The van der Waals surface area contributed by atoms with Gasteiger partial charge in [-0.25, -0.2) is 9.78 Å². The number of carbonyl (C=O) groups is 1. The third kappa shape index (κ3) is 4.40. The molecule has 168 valence electrons. The molecule has 0 bridgehead atoms. The number of carboxylic acids is 1. The smallest absolute Gasteiger partial charge is 0.360 e. The van der Waals surface area contributed by atoms with Gasteiger partial charge in [-0.15, -0.1) is 0 Å². The molecule has 2 atom stereocenters. The molecule has 1 aromatic carbocycles. The van der Waals surface area contributed by atoms with E-state index in [4.69, 9.17) is 0 Å². The van der Waals surface area contributed by atoms with Crippen molar-refractivity contribution in [3.63, 3.8) is 0 Å². The summed E-state index contributed by atoms with van der Waals surface area (Å²) in [6.45, 7) is 7.87. The lowest BCUT2D eigenvalue weighted by Gasteiger charge is -2.39. The van der Waals surface area contributed by atoms with Gasteiger partial charge in [0.2, 0.25) is 5.69 Å². The largest absolute Gasteiger partial charge is 0.476 e. The fourth-order valence-electron chi connectivity index (χ4n) is 5.92. The quantitative estimate of drug-likeness (QED) is 0.724. The zero-order valence-electron chi connectivity index (χ0n) is 19.0. The van der Waals surface area contributed by atoms with E-state index < -0.39 is 11.5 Å². The maximum Gasteiger partial charge on any atom is 0.360 e. The van der Waals surface area contributed by atoms with Crippen molar-refractivity contribution in [2.75, 3.05) is 6.54 Å². The second-order valence-electron chi connectivity index (χ2n) is 9.86. The normalized spacial score (nSPS) is 25.9. The van der Waals surface area contributed by atoms with Crippen LogP contribution >= 0.6 is 0 Å². The van der Waals surface area contributed by atoms with Gasteiger partial charge in [0.1, 0.15) is 0 Å². The molecule has 4 rings (SSSR count). The Morgan fingerprint density at radius 3 is 2.52 bits per heavy atom. The van der Waals surface area contributed by atoms with Crippen molar-refractivity contribution in [3.05, 3.63) is 40.3 Å². The van der Waals surface area contributed by atoms with Gasteiger partial charge in [0.15, 0.2) is 0 Å². The van der Waals surface area contributed by atoms with Gasteiger partial charge < -0.3 is 9.67 Å². The average Bonchev–Trinajstić information content (AvgIpc) is 3.21. The summed E-state index contributed by atoms with van der Waals surface area (Å²) in [5, 5.41) is 9.50. The number of carboxylic acid groups (broad SMARTS) is 1. The highest BCUT2D eigenvalue weighted by molar-refractivity contribution is 5.88. The van der Waals surface area contributed by atoms with Crippen LogP contribution in [-0.4, -0.2) is 44.2 Å². The van der Waals surface area contributed by atoms with Crippen molar-refractivity contribution >= 4 is 17.0 Å². The van der Waals surface area contributed by atoms with Crippen LogP contribution in [0.25, 0.3) is 11.0 Å². The molecule has 1 aliphatic heterocycles. The molecule has 6 nitrogen and oxygen atoms in total. The zero-order chi connectivity index (χ0) is 22.1. The van der Waals surface area contributed by atoms with Crippen LogP contribution in [0.4, 0.5) is 0 Å². The second kappa shape index (κ2) is 9.11. The third-order valence-electron chi connectivity index (χ3n) is 7.63. The van der Waals surface area contributed by atoms with Crippen molar-refractivity contribution in [1.29, 1.82) is 0 Å². The standard InChI is InChI=1S/C25H35N3O3/c1-16(2)18-10-12-19(13-11-18)27-14-6-7-20(27)15-17(3)28-22-9-5-4-8-21(22)26-23(24(28)29)25(30)31/h4-5,8-9,16-20H,6-7,10-15H2,1-3H3,(H,30,31)/t17-,18-,19+,20-/m0/s1. The van der Waals surface area contributed by atoms with E-state index in [1.165, 1.54) is 32.1 Å². The summed E-state index contributed by atoms with van der Waals surface area (Å²) in [7, 11) is 0. The van der Waals surface area contributed by atoms with E-state index in [0.29, 0.717) is 23.1 Å². The van der Waals surface area contributed by atoms with Gasteiger partial charge >= 0.3 is 5.97 Å². The number of hydrogen-bond acceptors (Lipinski definition) is 4. The number of para-hydroxylation sites is 2. The lowest BCUT2D eigenvalue weighted by atomic mass is 9.79. The number of aromatic carboxylic acids is 1. The fraction of sp³-hybridized carbons (Fsp3) is 0.640. The average molecular weight is 426 g/mol. The third-order valence-corrected chi connectivity index (χ3v) is 7.63. The Morgan fingerprint density at radius 1 is 1.13 bits per heavy atom. The Kier molecular flexibility index (Phi) is 6.47. The van der Waals surface area contributed by atoms with Crippen LogP contribution in [0, 0.1) is 11.8 Å². The van der Waals surface area contributed by atoms with Crippen LogP contribution in [0.5, 0.6) is 0 Å². The molecular weight excluding hydrogens is 390 g/mol. The van der Waals surface area contributed by atoms with Gasteiger partial charge in [-0.2, -0.15) is 0 Å². The Morgan fingerprint density at radius 2 is 1.84 bits per heavy atom. The first kappa shape index (κ1) is 22.0. The molecule has 0 spiro atoms. The maximum atomic E-state index is 13.0. The molecule has 0 unspecified atom stereocenters. The molecule has 2 aromatic rings. The summed E-state index contributed by atoms with van der Waals surface area (Å²) in [4.78, 5) is 31.5. The summed E-state index contributed by atoms with van der Waals surface area (Å²) >= 11 is 0. The van der Waals surface area contributed by atoms with E-state index in [1.807, 2.05) is 25.1 Å². The number of likely N-dealkylation sites (tertiary alicyclic amines) is 1. The maximum absolute atomic E-state index is 13.0. The summed E-state index contributed by atoms with van der Waals surface area (Å²) in [5.74, 6) is 0.360. The van der Waals surface area contributed by atoms with Crippen LogP contribution < -0.4 is 5.56 Å². The fourth-order valence-corrected chi connectivity index (χ4v) is 5.92. The Bertz CT molecular complexity index is 991. The Labute approximate surface area is 184 Å². The van der Waals surface area contributed by atoms with Crippen LogP contribution in [0.1, 0.15) is 82.2 Å². The highest BCUT2D eigenvalue weighted by Gasteiger charge is 2.35. The van der Waals surface area contributed by atoms with Gasteiger partial charge in [-0.3, -0.25) is 9.69 Å². The summed E-state index contributed by atoms with van der Waals surface area (Å²) < 4.78 is 1.66. The van der Waals surface area contributed by atoms with Gasteiger partial charge in [0.05, 0.1) is 11.0 Å². The predicted octanol–water partition coefficient (Wildman–Crippen LogP) is 4.73. The predicted molar refractivity (Wildman–Crippen MR) is 123 cm³/mol. The molecule has 1 saturated heterocycles. The molecule has 31 heavy (non-hydrogen) atoms. The van der Waals surface area contributed by atoms with Gasteiger partial charge in [0, 0.05) is 18.1 Å². The molecule has 2 aliphatic rings. The highest BCUT2D eigenvalue weighted by atomic mass is 16.4.